The first-order valence-electron chi connectivity index (χ1n) is 9.97. The van der Waals surface area contributed by atoms with Gasteiger partial charge in [-0.2, -0.15) is 0 Å². The van der Waals surface area contributed by atoms with E-state index in [0.717, 1.165) is 5.57 Å². The van der Waals surface area contributed by atoms with Crippen molar-refractivity contribution < 1.29 is 24.2 Å². The predicted molar refractivity (Wildman–Crippen MR) is 109 cm³/mol. The number of rotatable bonds is 7. The Morgan fingerprint density at radius 3 is 2.83 bits per heavy atom. The molecule has 0 saturated carbocycles. The second kappa shape index (κ2) is 9.84. The lowest BCUT2D eigenvalue weighted by Gasteiger charge is -2.24. The van der Waals surface area contributed by atoms with Gasteiger partial charge >= 0.3 is 5.97 Å². The molecule has 1 fully saturated rings. The van der Waals surface area contributed by atoms with Crippen LogP contribution in [0.3, 0.4) is 0 Å². The summed E-state index contributed by atoms with van der Waals surface area (Å²) >= 11 is 0. The molecule has 0 spiro atoms. The van der Waals surface area contributed by atoms with Gasteiger partial charge in [-0.25, -0.2) is 0 Å². The monoisotopic (exact) mass is 416 g/mol. The molecule has 3 atom stereocenters. The van der Waals surface area contributed by atoms with Crippen molar-refractivity contribution in [2.24, 2.45) is 5.73 Å². The number of nitrogens with zero attached hydrogens (tertiary/aromatic N) is 1. The topological polar surface area (TPSA) is 134 Å². The molecule has 0 aromatic heterocycles. The molecule has 3 rings (SSSR count). The molecule has 2 heterocycles. The zero-order valence-electron chi connectivity index (χ0n) is 17.0. The minimum Gasteiger partial charge on any atom is -0.434 e. The molecule has 162 valence electrons. The number of carbonyl (C=O) groups is 3. The van der Waals surface area contributed by atoms with Gasteiger partial charge in [-0.05, 0) is 24.5 Å². The fourth-order valence-electron chi connectivity index (χ4n) is 3.56. The van der Waals surface area contributed by atoms with Crippen molar-refractivity contribution in [1.82, 2.24) is 15.5 Å². The van der Waals surface area contributed by atoms with Crippen LogP contribution < -0.4 is 16.4 Å². The number of aliphatic hydroxyl groups excluding tert-OH is 1. The van der Waals surface area contributed by atoms with E-state index in [1.54, 1.807) is 0 Å². The van der Waals surface area contributed by atoms with E-state index in [-0.39, 0.29) is 25.4 Å². The van der Waals surface area contributed by atoms with Gasteiger partial charge in [0.05, 0.1) is 19.0 Å². The average molecular weight is 416 g/mol. The highest BCUT2D eigenvalue weighted by molar-refractivity contribution is 5.88. The van der Waals surface area contributed by atoms with Crippen molar-refractivity contribution in [1.29, 1.82) is 0 Å². The quantitative estimate of drug-likeness (QED) is 0.342. The highest BCUT2D eigenvalue weighted by atomic mass is 16.6. The maximum atomic E-state index is 12.6. The van der Waals surface area contributed by atoms with Crippen LogP contribution in [0, 0.1) is 6.92 Å². The Hall–Kier alpha value is -2.75. The highest BCUT2D eigenvalue weighted by Crippen LogP contribution is 2.14. The zero-order valence-corrected chi connectivity index (χ0v) is 17.0. The van der Waals surface area contributed by atoms with Gasteiger partial charge < -0.3 is 31.1 Å². The molecule has 0 bridgehead atoms. The van der Waals surface area contributed by atoms with Crippen LogP contribution in [-0.4, -0.2) is 65.8 Å². The third kappa shape index (κ3) is 5.88. The van der Waals surface area contributed by atoms with E-state index in [1.165, 1.54) is 16.0 Å². The van der Waals surface area contributed by atoms with Gasteiger partial charge in [0.25, 0.3) is 0 Å². The molecule has 2 aliphatic rings. The molecule has 3 unspecified atom stereocenters. The lowest BCUT2D eigenvalue weighted by Crippen LogP contribution is -2.50. The molecular weight excluding hydrogens is 388 g/mol. The summed E-state index contributed by atoms with van der Waals surface area (Å²) in [4.78, 5) is 37.5. The number of aliphatic hydroxyl groups is 1. The van der Waals surface area contributed by atoms with Crippen molar-refractivity contribution in [2.45, 2.75) is 44.7 Å². The third-order valence-electron chi connectivity index (χ3n) is 5.11. The number of nitrogens with one attached hydrogen (secondary N) is 2. The average Bonchev–Trinajstić information content (AvgIpc) is 2.94. The number of aryl methyl sites for hydroxylation is 1. The van der Waals surface area contributed by atoms with Crippen LogP contribution in [0.25, 0.3) is 0 Å². The number of benzene rings is 1. The van der Waals surface area contributed by atoms with E-state index in [4.69, 9.17) is 5.73 Å². The predicted octanol–water partition coefficient (Wildman–Crippen LogP) is -0.679. The van der Waals surface area contributed by atoms with Crippen LogP contribution >= 0.6 is 0 Å². The Labute approximate surface area is 175 Å². The van der Waals surface area contributed by atoms with E-state index in [9.17, 15) is 19.5 Å². The molecule has 0 radical (unpaired) electrons. The van der Waals surface area contributed by atoms with Crippen LogP contribution in [0.15, 0.2) is 35.9 Å². The first kappa shape index (κ1) is 21.9. The minimum absolute atomic E-state index is 0.103. The molecule has 1 aromatic carbocycles. The number of carbonyl (C=O) groups excluding carboxylic acids is 3. The van der Waals surface area contributed by atoms with Gasteiger partial charge in [-0.15, -0.1) is 0 Å². The van der Waals surface area contributed by atoms with Crippen molar-refractivity contribution in [2.75, 3.05) is 19.6 Å². The van der Waals surface area contributed by atoms with Crippen LogP contribution in [0.2, 0.25) is 0 Å². The molecule has 1 aromatic rings. The van der Waals surface area contributed by atoms with Gasteiger partial charge in [-0.3, -0.25) is 14.4 Å². The van der Waals surface area contributed by atoms with Gasteiger partial charge in [0.15, 0.2) is 0 Å². The van der Waals surface area contributed by atoms with Gasteiger partial charge in [0.1, 0.15) is 6.04 Å². The third-order valence-corrected chi connectivity index (χ3v) is 5.11. The normalized spacial score (nSPS) is 24.3. The number of esters is 1. The fraction of sp³-hybridized carbons (Fsp3) is 0.476. The number of amides is 2. The Kier molecular flexibility index (Phi) is 7.20. The summed E-state index contributed by atoms with van der Waals surface area (Å²) in [6, 6.07) is 6.68. The van der Waals surface area contributed by atoms with E-state index >= 15 is 0 Å². The summed E-state index contributed by atoms with van der Waals surface area (Å²) in [5.41, 5.74) is 9.28. The number of hydrogen-bond donors (Lipinski definition) is 4. The zero-order chi connectivity index (χ0) is 21.7. The fourth-order valence-corrected chi connectivity index (χ4v) is 3.56. The summed E-state index contributed by atoms with van der Waals surface area (Å²) in [6.07, 6.45) is 0.873. The molecule has 2 aliphatic heterocycles. The summed E-state index contributed by atoms with van der Waals surface area (Å²) in [5, 5.41) is 15.5. The lowest BCUT2D eigenvalue weighted by atomic mass is 10.1. The Morgan fingerprint density at radius 1 is 1.33 bits per heavy atom. The van der Waals surface area contributed by atoms with Crippen LogP contribution in [0.4, 0.5) is 0 Å². The second-order valence-corrected chi connectivity index (χ2v) is 7.75. The second-order valence-electron chi connectivity index (χ2n) is 7.75. The SMILES string of the molecule is Cc1cccc(CNCC2=CCC(N)C(=O)N(CC(=O)NC3CC(=O)OC3O)C2)c1. The smallest absolute Gasteiger partial charge is 0.310 e. The van der Waals surface area contributed by atoms with Crippen molar-refractivity contribution in [3.8, 4) is 0 Å². The van der Waals surface area contributed by atoms with E-state index in [0.29, 0.717) is 19.5 Å². The van der Waals surface area contributed by atoms with E-state index < -0.39 is 30.3 Å². The van der Waals surface area contributed by atoms with Gasteiger partial charge in [0, 0.05) is 19.6 Å². The molecule has 9 nitrogen and oxygen atoms in total. The summed E-state index contributed by atoms with van der Waals surface area (Å²) in [5.74, 6) is -1.37. The van der Waals surface area contributed by atoms with Gasteiger partial charge in [0.2, 0.25) is 18.1 Å². The molecular formula is C21H28N4O5. The molecule has 5 N–H and O–H groups in total. The Morgan fingerprint density at radius 2 is 2.13 bits per heavy atom. The van der Waals surface area contributed by atoms with E-state index in [2.05, 4.69) is 21.4 Å². The molecule has 1 saturated heterocycles. The van der Waals surface area contributed by atoms with Crippen molar-refractivity contribution in [3.63, 3.8) is 0 Å². The molecule has 2 amide bonds. The molecule has 30 heavy (non-hydrogen) atoms. The summed E-state index contributed by atoms with van der Waals surface area (Å²) < 4.78 is 4.61. The standard InChI is InChI=1S/C21H28N4O5/c1-13-3-2-4-14(7-13)9-23-10-15-5-6-16(22)20(28)25(11-15)12-18(26)24-17-8-19(27)30-21(17)29/h2-5,7,16-17,21,23,29H,6,8-12,22H2,1H3,(H,24,26). The number of hydrogen-bond acceptors (Lipinski definition) is 7. The Bertz CT molecular complexity index is 840. The van der Waals surface area contributed by atoms with Crippen LogP contribution in [-0.2, 0) is 25.7 Å². The number of ether oxygens (including phenoxy) is 1. The number of cyclic esters (lactones) is 1. The lowest BCUT2D eigenvalue weighted by molar-refractivity contribution is -0.155. The van der Waals surface area contributed by atoms with Crippen molar-refractivity contribution >= 4 is 17.8 Å². The summed E-state index contributed by atoms with van der Waals surface area (Å²) in [6.45, 7) is 3.37. The number of nitrogens with two attached hydrogens (primary N) is 1. The first-order chi connectivity index (χ1) is 14.3. The van der Waals surface area contributed by atoms with Gasteiger partial charge in [-0.1, -0.05) is 35.9 Å². The molecule has 9 heteroatoms. The highest BCUT2D eigenvalue weighted by Gasteiger charge is 2.35. The summed E-state index contributed by atoms with van der Waals surface area (Å²) in [7, 11) is 0. The first-order valence-corrected chi connectivity index (χ1v) is 9.97. The van der Waals surface area contributed by atoms with Crippen LogP contribution in [0.1, 0.15) is 24.0 Å². The Balaban J connectivity index is 1.54. The van der Waals surface area contributed by atoms with Crippen LogP contribution in [0.5, 0.6) is 0 Å². The maximum Gasteiger partial charge on any atom is 0.310 e. The molecule has 0 aliphatic carbocycles. The maximum absolute atomic E-state index is 12.6. The largest absolute Gasteiger partial charge is 0.434 e. The minimum atomic E-state index is -1.37. The van der Waals surface area contributed by atoms with E-state index in [1.807, 2.05) is 31.2 Å². The van der Waals surface area contributed by atoms with Crippen molar-refractivity contribution in [3.05, 3.63) is 47.0 Å².